The van der Waals surface area contributed by atoms with Crippen molar-refractivity contribution in [1.29, 1.82) is 0 Å². The second-order valence-electron chi connectivity index (χ2n) is 4.70. The highest BCUT2D eigenvalue weighted by Gasteiger charge is 2.28. The van der Waals surface area contributed by atoms with Crippen LogP contribution in [0.4, 0.5) is 10.5 Å². The molecule has 0 aromatic heterocycles. The lowest BCUT2D eigenvalue weighted by Crippen LogP contribution is -2.25. The maximum atomic E-state index is 12.4. The molecule has 6 nitrogen and oxygen atoms in total. The largest absolute Gasteiger partial charge is 0.448 e. The highest BCUT2D eigenvalue weighted by Crippen LogP contribution is 2.38. The third-order valence-corrected chi connectivity index (χ3v) is 3.48. The highest BCUT2D eigenvalue weighted by atomic mass is 16.6. The molecule has 0 heterocycles. The third kappa shape index (κ3) is 2.05. The first-order chi connectivity index (χ1) is 10.7. The fourth-order valence-corrected chi connectivity index (χ4v) is 2.52. The standard InChI is InChI=1S/C16H12N2O4/c1-2-22-16(20)18(17-21)10-7-8-12-11-5-3-4-6-13(11)15(19)14(12)9-10/h3-9H,2H2,1H3. The fourth-order valence-electron chi connectivity index (χ4n) is 2.52. The van der Waals surface area contributed by atoms with Gasteiger partial charge in [0, 0.05) is 11.1 Å². The Morgan fingerprint density at radius 3 is 2.45 bits per heavy atom. The van der Waals surface area contributed by atoms with Crippen molar-refractivity contribution in [3.63, 3.8) is 0 Å². The number of hydrogen-bond acceptors (Lipinski definition) is 5. The summed E-state index contributed by atoms with van der Waals surface area (Å²) in [5.74, 6) is -0.137. The number of nitrogens with zero attached hydrogens (tertiary/aromatic N) is 2. The minimum absolute atomic E-state index is 0.125. The summed E-state index contributed by atoms with van der Waals surface area (Å²) >= 11 is 0. The van der Waals surface area contributed by atoms with Gasteiger partial charge in [-0.15, -0.1) is 9.92 Å². The van der Waals surface area contributed by atoms with Gasteiger partial charge in [0.1, 0.15) is 0 Å². The van der Waals surface area contributed by atoms with E-state index in [1.807, 2.05) is 12.1 Å². The number of rotatable bonds is 3. The van der Waals surface area contributed by atoms with Crippen LogP contribution < -0.4 is 5.01 Å². The van der Waals surface area contributed by atoms with E-state index in [0.29, 0.717) is 16.1 Å². The summed E-state index contributed by atoms with van der Waals surface area (Å²) in [7, 11) is 0. The van der Waals surface area contributed by atoms with Crippen LogP contribution in [0.2, 0.25) is 0 Å². The van der Waals surface area contributed by atoms with Gasteiger partial charge in [0.2, 0.25) is 0 Å². The van der Waals surface area contributed by atoms with Crippen molar-refractivity contribution >= 4 is 17.6 Å². The molecule has 0 N–H and O–H groups in total. The van der Waals surface area contributed by atoms with Crippen LogP contribution in [-0.2, 0) is 4.74 Å². The molecule has 1 amide bonds. The lowest BCUT2D eigenvalue weighted by atomic mass is 10.1. The monoisotopic (exact) mass is 296 g/mol. The van der Waals surface area contributed by atoms with Gasteiger partial charge in [-0.25, -0.2) is 4.79 Å². The first kappa shape index (κ1) is 13.9. The molecule has 2 aromatic carbocycles. The van der Waals surface area contributed by atoms with Crippen LogP contribution in [-0.4, -0.2) is 18.5 Å². The van der Waals surface area contributed by atoms with Crippen LogP contribution in [0.5, 0.6) is 0 Å². The molecule has 0 radical (unpaired) electrons. The predicted octanol–water partition coefficient (Wildman–Crippen LogP) is 3.54. The summed E-state index contributed by atoms with van der Waals surface area (Å²) in [6.07, 6.45) is -0.875. The molecule has 0 saturated heterocycles. The van der Waals surface area contributed by atoms with Gasteiger partial charge in [0.15, 0.2) is 5.78 Å². The SMILES string of the molecule is CCOC(=O)N(N=O)c1ccc2c(c1)C(=O)c1ccccc1-2. The quantitative estimate of drug-likeness (QED) is 0.547. The van der Waals surface area contributed by atoms with E-state index in [9.17, 15) is 14.5 Å². The van der Waals surface area contributed by atoms with E-state index in [-0.39, 0.29) is 18.1 Å². The third-order valence-electron chi connectivity index (χ3n) is 3.48. The normalized spacial score (nSPS) is 11.6. The van der Waals surface area contributed by atoms with Crippen LogP contribution in [0.15, 0.2) is 47.8 Å². The molecular formula is C16H12N2O4. The van der Waals surface area contributed by atoms with E-state index in [4.69, 9.17) is 4.74 Å². The maximum Gasteiger partial charge on any atom is 0.437 e. The molecule has 6 heteroatoms. The Morgan fingerprint density at radius 1 is 1.09 bits per heavy atom. The number of benzene rings is 2. The van der Waals surface area contributed by atoms with Crippen molar-refractivity contribution in [2.24, 2.45) is 5.29 Å². The van der Waals surface area contributed by atoms with Crippen LogP contribution >= 0.6 is 0 Å². The molecule has 110 valence electrons. The zero-order valence-corrected chi connectivity index (χ0v) is 11.8. The van der Waals surface area contributed by atoms with Crippen LogP contribution in [0.1, 0.15) is 22.8 Å². The van der Waals surface area contributed by atoms with Crippen LogP contribution in [0, 0.1) is 4.91 Å². The van der Waals surface area contributed by atoms with Crippen LogP contribution in [0.3, 0.4) is 0 Å². The van der Waals surface area contributed by atoms with E-state index in [0.717, 1.165) is 11.1 Å². The Bertz CT molecular complexity index is 785. The maximum absolute atomic E-state index is 12.4. The number of fused-ring (bicyclic) bond motifs is 3. The molecule has 22 heavy (non-hydrogen) atoms. The van der Waals surface area contributed by atoms with Crippen molar-refractivity contribution in [3.8, 4) is 11.1 Å². The number of amides is 1. The second kappa shape index (κ2) is 5.40. The first-order valence-electron chi connectivity index (χ1n) is 6.75. The number of anilines is 1. The Labute approximate surface area is 126 Å². The topological polar surface area (TPSA) is 76.0 Å². The van der Waals surface area contributed by atoms with Gasteiger partial charge in [-0.05, 0) is 30.2 Å². The Balaban J connectivity index is 2.05. The number of ketones is 1. The van der Waals surface area contributed by atoms with E-state index >= 15 is 0 Å². The minimum atomic E-state index is -0.875. The molecule has 1 aliphatic carbocycles. The summed E-state index contributed by atoms with van der Waals surface area (Å²) < 4.78 is 4.77. The average molecular weight is 296 g/mol. The molecule has 0 bridgehead atoms. The highest BCUT2D eigenvalue weighted by molar-refractivity contribution is 6.22. The molecule has 0 aliphatic heterocycles. The predicted molar refractivity (Wildman–Crippen MR) is 80.6 cm³/mol. The van der Waals surface area contributed by atoms with Crippen molar-refractivity contribution in [2.45, 2.75) is 6.92 Å². The van der Waals surface area contributed by atoms with Crippen molar-refractivity contribution in [3.05, 3.63) is 58.5 Å². The van der Waals surface area contributed by atoms with E-state index < -0.39 is 6.09 Å². The van der Waals surface area contributed by atoms with Crippen LogP contribution in [0.25, 0.3) is 11.1 Å². The molecule has 1 aliphatic rings. The van der Waals surface area contributed by atoms with E-state index in [1.54, 1.807) is 31.2 Å². The number of carbonyl (C=O) groups is 2. The smallest absolute Gasteiger partial charge is 0.437 e. The number of hydrogen-bond donors (Lipinski definition) is 0. The minimum Gasteiger partial charge on any atom is -0.448 e. The number of nitroso groups, excluding NO2 is 1. The van der Waals surface area contributed by atoms with Gasteiger partial charge in [-0.1, -0.05) is 30.3 Å². The molecular weight excluding hydrogens is 284 g/mol. The lowest BCUT2D eigenvalue weighted by molar-refractivity contribution is 0.104. The summed E-state index contributed by atoms with van der Waals surface area (Å²) in [5, 5.41) is 3.27. The first-order valence-corrected chi connectivity index (χ1v) is 6.75. The zero-order chi connectivity index (χ0) is 15.7. The van der Waals surface area contributed by atoms with E-state index in [2.05, 4.69) is 5.29 Å². The molecule has 0 unspecified atom stereocenters. The Hall–Kier alpha value is -3.02. The Kier molecular flexibility index (Phi) is 3.42. The van der Waals surface area contributed by atoms with Gasteiger partial charge in [0.25, 0.3) is 0 Å². The summed E-state index contributed by atoms with van der Waals surface area (Å²) in [6, 6.07) is 12.0. The molecule has 0 fully saturated rings. The fraction of sp³-hybridized carbons (Fsp3) is 0.125. The van der Waals surface area contributed by atoms with Crippen molar-refractivity contribution in [2.75, 3.05) is 11.6 Å². The van der Waals surface area contributed by atoms with Gasteiger partial charge < -0.3 is 4.74 Å². The summed E-state index contributed by atoms with van der Waals surface area (Å²) in [5.41, 5.74) is 2.87. The molecule has 0 atom stereocenters. The van der Waals surface area contributed by atoms with Crippen molar-refractivity contribution < 1.29 is 14.3 Å². The molecule has 3 rings (SSSR count). The van der Waals surface area contributed by atoms with Gasteiger partial charge >= 0.3 is 6.09 Å². The summed E-state index contributed by atoms with van der Waals surface area (Å²) in [4.78, 5) is 35.0. The van der Waals surface area contributed by atoms with Gasteiger partial charge in [-0.2, -0.15) is 0 Å². The van der Waals surface area contributed by atoms with Crippen molar-refractivity contribution in [1.82, 2.24) is 0 Å². The second-order valence-corrected chi connectivity index (χ2v) is 4.70. The zero-order valence-electron chi connectivity index (χ0n) is 11.8. The van der Waals surface area contributed by atoms with Gasteiger partial charge in [0.05, 0.1) is 17.6 Å². The van der Waals surface area contributed by atoms with Gasteiger partial charge in [-0.3, -0.25) is 4.79 Å². The summed E-state index contributed by atoms with van der Waals surface area (Å²) in [6.45, 7) is 1.75. The number of carbonyl (C=O) groups excluding carboxylic acids is 2. The molecule has 0 saturated carbocycles. The molecule has 2 aromatic rings. The number of ether oxygens (including phenoxy) is 1. The lowest BCUT2D eigenvalue weighted by Gasteiger charge is -2.13. The average Bonchev–Trinajstić information content (AvgIpc) is 2.82. The van der Waals surface area contributed by atoms with E-state index in [1.165, 1.54) is 6.07 Å². The Morgan fingerprint density at radius 2 is 1.77 bits per heavy atom. The molecule has 0 spiro atoms.